The van der Waals surface area contributed by atoms with Gasteiger partial charge in [-0.05, 0) is 24.5 Å². The van der Waals surface area contributed by atoms with Crippen molar-refractivity contribution in [3.8, 4) is 5.75 Å². The number of benzene rings is 1. The van der Waals surface area contributed by atoms with Gasteiger partial charge in [-0.15, -0.1) is 6.58 Å². The summed E-state index contributed by atoms with van der Waals surface area (Å²) in [7, 11) is 1.65. The van der Waals surface area contributed by atoms with E-state index in [0.29, 0.717) is 18.6 Å². The molecule has 0 spiro atoms. The summed E-state index contributed by atoms with van der Waals surface area (Å²) in [5.74, 6) is 1.08. The molecule has 1 aromatic carbocycles. The summed E-state index contributed by atoms with van der Waals surface area (Å²) in [4.78, 5) is 11.9. The maximum absolute atomic E-state index is 11.9. The summed E-state index contributed by atoms with van der Waals surface area (Å²) < 4.78 is 5.35. The van der Waals surface area contributed by atoms with Crippen molar-refractivity contribution in [3.05, 3.63) is 42.0 Å². The monoisotopic (exact) mass is 216 g/mol. The first-order chi connectivity index (χ1) is 7.77. The molecule has 0 saturated heterocycles. The number of aryl methyl sites for hydroxylation is 1. The second kappa shape index (κ2) is 4.52. The predicted octanol–water partition coefficient (Wildman–Crippen LogP) is 2.87. The minimum Gasteiger partial charge on any atom is -0.496 e. The number of ether oxygens (including phenoxy) is 1. The number of methoxy groups -OCH3 is 1. The molecule has 0 amide bonds. The van der Waals surface area contributed by atoms with Gasteiger partial charge >= 0.3 is 0 Å². The molecule has 84 valence electrons. The van der Waals surface area contributed by atoms with Crippen LogP contribution in [-0.2, 0) is 11.2 Å². The third-order valence-corrected chi connectivity index (χ3v) is 3.16. The quantitative estimate of drug-likeness (QED) is 0.726. The molecule has 1 atom stereocenters. The van der Waals surface area contributed by atoms with E-state index in [1.54, 1.807) is 7.11 Å². The van der Waals surface area contributed by atoms with Gasteiger partial charge in [0.25, 0.3) is 0 Å². The van der Waals surface area contributed by atoms with Gasteiger partial charge in [-0.1, -0.05) is 18.2 Å². The Kier molecular flexibility index (Phi) is 3.09. The van der Waals surface area contributed by atoms with Crippen LogP contribution in [-0.4, -0.2) is 12.9 Å². The molecule has 0 fully saturated rings. The van der Waals surface area contributed by atoms with Gasteiger partial charge in [0.15, 0.2) is 0 Å². The average molecular weight is 216 g/mol. The Morgan fingerprint density at radius 1 is 1.50 bits per heavy atom. The van der Waals surface area contributed by atoms with Gasteiger partial charge in [0, 0.05) is 12.0 Å². The van der Waals surface area contributed by atoms with Crippen LogP contribution < -0.4 is 4.74 Å². The summed E-state index contributed by atoms with van der Waals surface area (Å²) in [6, 6.07) is 5.99. The lowest BCUT2D eigenvalue weighted by atomic mass is 9.79. The minimum atomic E-state index is -0.0580. The van der Waals surface area contributed by atoms with E-state index in [-0.39, 0.29) is 5.92 Å². The van der Waals surface area contributed by atoms with Crippen LogP contribution in [0.1, 0.15) is 29.9 Å². The van der Waals surface area contributed by atoms with E-state index in [4.69, 9.17) is 4.74 Å². The van der Waals surface area contributed by atoms with Crippen molar-refractivity contribution in [2.24, 2.45) is 0 Å². The van der Waals surface area contributed by atoms with Crippen molar-refractivity contribution in [1.82, 2.24) is 0 Å². The first-order valence-corrected chi connectivity index (χ1v) is 5.57. The number of ketones is 1. The van der Waals surface area contributed by atoms with Crippen LogP contribution in [0.15, 0.2) is 30.9 Å². The fourth-order valence-corrected chi connectivity index (χ4v) is 2.39. The van der Waals surface area contributed by atoms with Crippen LogP contribution in [0.25, 0.3) is 0 Å². The van der Waals surface area contributed by atoms with E-state index in [1.165, 1.54) is 5.56 Å². The van der Waals surface area contributed by atoms with Gasteiger partial charge in [-0.2, -0.15) is 0 Å². The molecule has 0 aliphatic heterocycles. The molecule has 2 nitrogen and oxygen atoms in total. The lowest BCUT2D eigenvalue weighted by Gasteiger charge is -2.25. The van der Waals surface area contributed by atoms with Gasteiger partial charge in [0.05, 0.1) is 13.0 Å². The standard InChI is InChI=1S/C14H16O2/c1-3-5-11-12(15)9-8-10-6-4-7-13(16-2)14(10)11/h3-4,6-7,11H,1,5,8-9H2,2H3. The number of carbonyl (C=O) groups is 1. The van der Waals surface area contributed by atoms with Crippen molar-refractivity contribution in [2.45, 2.75) is 25.2 Å². The highest BCUT2D eigenvalue weighted by molar-refractivity contribution is 5.89. The molecule has 0 saturated carbocycles. The fourth-order valence-electron chi connectivity index (χ4n) is 2.39. The number of hydrogen-bond donors (Lipinski definition) is 0. The normalized spacial score (nSPS) is 19.1. The molecule has 0 radical (unpaired) electrons. The third-order valence-electron chi connectivity index (χ3n) is 3.16. The smallest absolute Gasteiger partial charge is 0.141 e. The Hall–Kier alpha value is -1.57. The Bertz CT molecular complexity index is 406. The van der Waals surface area contributed by atoms with Crippen molar-refractivity contribution in [3.63, 3.8) is 0 Å². The number of carbonyl (C=O) groups excluding carboxylic acids is 1. The van der Waals surface area contributed by atoms with Crippen LogP contribution in [0.4, 0.5) is 0 Å². The van der Waals surface area contributed by atoms with Crippen LogP contribution in [0, 0.1) is 0 Å². The minimum absolute atomic E-state index is 0.0580. The first kappa shape index (κ1) is 10.9. The number of hydrogen-bond acceptors (Lipinski definition) is 2. The zero-order valence-corrected chi connectivity index (χ0v) is 9.53. The van der Waals surface area contributed by atoms with Crippen molar-refractivity contribution in [1.29, 1.82) is 0 Å². The van der Waals surface area contributed by atoms with Crippen molar-refractivity contribution >= 4 is 5.78 Å². The highest BCUT2D eigenvalue weighted by Crippen LogP contribution is 2.37. The Labute approximate surface area is 95.9 Å². The summed E-state index contributed by atoms with van der Waals surface area (Å²) in [6.07, 6.45) is 3.98. The summed E-state index contributed by atoms with van der Waals surface area (Å²) in [5.41, 5.74) is 2.31. The molecule has 16 heavy (non-hydrogen) atoms. The fraction of sp³-hybridized carbons (Fsp3) is 0.357. The highest BCUT2D eigenvalue weighted by Gasteiger charge is 2.29. The van der Waals surface area contributed by atoms with Gasteiger partial charge < -0.3 is 4.74 Å². The SMILES string of the molecule is C=CCC1C(=O)CCc2cccc(OC)c21. The van der Waals surface area contributed by atoms with Crippen molar-refractivity contribution < 1.29 is 9.53 Å². The zero-order chi connectivity index (χ0) is 11.5. The molecule has 0 aromatic heterocycles. The van der Waals surface area contributed by atoms with Crippen LogP contribution in [0.3, 0.4) is 0 Å². The van der Waals surface area contributed by atoms with Gasteiger partial charge in [0.1, 0.15) is 11.5 Å². The molecule has 1 aliphatic rings. The number of Topliss-reactive ketones (excluding diaryl/α,β-unsaturated/α-hetero) is 1. The topological polar surface area (TPSA) is 26.3 Å². The number of allylic oxidation sites excluding steroid dienone is 1. The average Bonchev–Trinajstić information content (AvgIpc) is 2.32. The third kappa shape index (κ3) is 1.75. The Balaban J connectivity index is 2.51. The molecule has 2 rings (SSSR count). The zero-order valence-electron chi connectivity index (χ0n) is 9.53. The molecule has 0 N–H and O–H groups in total. The molecule has 1 unspecified atom stereocenters. The maximum Gasteiger partial charge on any atom is 0.141 e. The van der Waals surface area contributed by atoms with Crippen LogP contribution >= 0.6 is 0 Å². The van der Waals surface area contributed by atoms with E-state index >= 15 is 0 Å². The largest absolute Gasteiger partial charge is 0.496 e. The first-order valence-electron chi connectivity index (χ1n) is 5.57. The maximum atomic E-state index is 11.9. The van der Waals surface area contributed by atoms with Gasteiger partial charge in [-0.3, -0.25) is 4.79 Å². The Morgan fingerprint density at radius 2 is 2.31 bits per heavy atom. The van der Waals surface area contributed by atoms with E-state index < -0.39 is 0 Å². The van der Waals surface area contributed by atoms with E-state index in [2.05, 4.69) is 12.6 Å². The predicted molar refractivity (Wildman–Crippen MR) is 63.9 cm³/mol. The second-order valence-corrected chi connectivity index (χ2v) is 4.08. The summed E-state index contributed by atoms with van der Waals surface area (Å²) >= 11 is 0. The molecule has 1 aliphatic carbocycles. The molecular formula is C14H16O2. The lowest BCUT2D eigenvalue weighted by Crippen LogP contribution is -2.20. The lowest BCUT2D eigenvalue weighted by molar-refractivity contribution is -0.120. The Morgan fingerprint density at radius 3 is 3.00 bits per heavy atom. The number of fused-ring (bicyclic) bond motifs is 1. The number of rotatable bonds is 3. The molecule has 2 heteroatoms. The highest BCUT2D eigenvalue weighted by atomic mass is 16.5. The second-order valence-electron chi connectivity index (χ2n) is 4.08. The van der Waals surface area contributed by atoms with E-state index in [1.807, 2.05) is 18.2 Å². The molecular weight excluding hydrogens is 200 g/mol. The van der Waals surface area contributed by atoms with Gasteiger partial charge in [0.2, 0.25) is 0 Å². The van der Waals surface area contributed by atoms with Crippen LogP contribution in [0.2, 0.25) is 0 Å². The van der Waals surface area contributed by atoms with E-state index in [0.717, 1.165) is 17.7 Å². The summed E-state index contributed by atoms with van der Waals surface area (Å²) in [5, 5.41) is 0. The van der Waals surface area contributed by atoms with E-state index in [9.17, 15) is 4.79 Å². The van der Waals surface area contributed by atoms with Gasteiger partial charge in [-0.25, -0.2) is 0 Å². The molecule has 1 aromatic rings. The molecule has 0 bridgehead atoms. The van der Waals surface area contributed by atoms with Crippen molar-refractivity contribution in [2.75, 3.05) is 7.11 Å². The summed E-state index contributed by atoms with van der Waals surface area (Å²) in [6.45, 7) is 3.72. The van der Waals surface area contributed by atoms with Crippen LogP contribution in [0.5, 0.6) is 5.75 Å². The molecule has 0 heterocycles.